The lowest BCUT2D eigenvalue weighted by molar-refractivity contribution is 0.437. The summed E-state index contributed by atoms with van der Waals surface area (Å²) in [7, 11) is 4.14. The largest absolute Gasteiger partial charge is 0.309 e. The van der Waals surface area contributed by atoms with Crippen molar-refractivity contribution in [1.29, 1.82) is 0 Å². The van der Waals surface area contributed by atoms with Crippen LogP contribution in [0.5, 0.6) is 0 Å². The Labute approximate surface area is 83.5 Å². The van der Waals surface area contributed by atoms with E-state index in [0.717, 1.165) is 23.0 Å². The Balaban J connectivity index is 2.33. The summed E-state index contributed by atoms with van der Waals surface area (Å²) in [5.41, 5.74) is 0.969. The molecule has 0 aliphatic rings. The van der Waals surface area contributed by atoms with Crippen molar-refractivity contribution in [2.24, 2.45) is 0 Å². The van der Waals surface area contributed by atoms with Crippen molar-refractivity contribution < 1.29 is 0 Å². The molecule has 0 amide bonds. The van der Waals surface area contributed by atoms with E-state index in [2.05, 4.69) is 29.2 Å². The molecule has 13 heavy (non-hydrogen) atoms. The van der Waals surface area contributed by atoms with E-state index >= 15 is 0 Å². The molecule has 1 rings (SSSR count). The minimum atomic E-state index is 0.969. The molecule has 0 aromatic carbocycles. The zero-order chi connectivity index (χ0) is 9.68. The summed E-state index contributed by atoms with van der Waals surface area (Å²) in [6.45, 7) is 3.02. The molecule has 4 heteroatoms. The molecule has 1 aromatic heterocycles. The molecule has 0 unspecified atom stereocenters. The number of hydrogen-bond donors (Lipinski definition) is 0. The Morgan fingerprint density at radius 1 is 1.31 bits per heavy atom. The predicted octanol–water partition coefficient (Wildman–Crippen LogP) is 1.44. The van der Waals surface area contributed by atoms with Crippen LogP contribution >= 0.6 is 11.8 Å². The van der Waals surface area contributed by atoms with Gasteiger partial charge in [-0.1, -0.05) is 0 Å². The van der Waals surface area contributed by atoms with Crippen LogP contribution < -0.4 is 0 Å². The minimum Gasteiger partial charge on any atom is -0.309 e. The number of thioether (sulfide) groups is 1. The molecule has 1 heterocycles. The lowest BCUT2D eigenvalue weighted by Gasteiger charge is -2.07. The maximum Gasteiger partial charge on any atom is 0.119 e. The monoisotopic (exact) mass is 197 g/mol. The van der Waals surface area contributed by atoms with Gasteiger partial charge < -0.3 is 4.90 Å². The Kier molecular flexibility index (Phi) is 4.18. The molecular formula is C9H15N3S. The highest BCUT2D eigenvalue weighted by atomic mass is 32.2. The lowest BCUT2D eigenvalue weighted by atomic mass is 10.4. The van der Waals surface area contributed by atoms with Gasteiger partial charge in [-0.05, 0) is 33.2 Å². The third-order valence-corrected chi connectivity index (χ3v) is 2.46. The second-order valence-electron chi connectivity index (χ2n) is 3.16. The SMILES string of the molecule is Cc1ccc(SCCN(C)C)nn1. The van der Waals surface area contributed by atoms with Crippen molar-refractivity contribution in [3.05, 3.63) is 17.8 Å². The van der Waals surface area contributed by atoms with Crippen LogP contribution in [-0.2, 0) is 0 Å². The van der Waals surface area contributed by atoms with Crippen molar-refractivity contribution in [1.82, 2.24) is 15.1 Å². The number of hydrogen-bond acceptors (Lipinski definition) is 4. The third kappa shape index (κ3) is 4.24. The molecule has 0 saturated heterocycles. The lowest BCUT2D eigenvalue weighted by Crippen LogP contribution is -2.14. The standard InChI is InChI=1S/C9H15N3S/c1-8-4-5-9(11-10-8)13-7-6-12(2)3/h4-5H,6-7H2,1-3H3. The zero-order valence-corrected chi connectivity index (χ0v) is 9.14. The summed E-state index contributed by atoms with van der Waals surface area (Å²) in [6.07, 6.45) is 0. The molecule has 0 fully saturated rings. The van der Waals surface area contributed by atoms with E-state index in [1.165, 1.54) is 0 Å². The highest BCUT2D eigenvalue weighted by molar-refractivity contribution is 7.99. The van der Waals surface area contributed by atoms with E-state index in [1.807, 2.05) is 19.1 Å². The maximum atomic E-state index is 4.07. The molecule has 0 spiro atoms. The van der Waals surface area contributed by atoms with E-state index in [4.69, 9.17) is 0 Å². The van der Waals surface area contributed by atoms with Crippen LogP contribution in [0.1, 0.15) is 5.69 Å². The van der Waals surface area contributed by atoms with Crippen LogP contribution in [0.4, 0.5) is 0 Å². The Bertz CT molecular complexity index is 246. The molecule has 72 valence electrons. The Morgan fingerprint density at radius 3 is 2.62 bits per heavy atom. The fraction of sp³-hybridized carbons (Fsp3) is 0.556. The van der Waals surface area contributed by atoms with Gasteiger partial charge in [-0.15, -0.1) is 16.9 Å². The maximum absolute atomic E-state index is 4.07. The van der Waals surface area contributed by atoms with E-state index in [1.54, 1.807) is 11.8 Å². The normalized spacial score (nSPS) is 10.8. The van der Waals surface area contributed by atoms with Crippen LogP contribution in [0.25, 0.3) is 0 Å². The summed E-state index contributed by atoms with van der Waals surface area (Å²) >= 11 is 1.74. The summed E-state index contributed by atoms with van der Waals surface area (Å²) in [4.78, 5) is 2.16. The van der Waals surface area contributed by atoms with E-state index in [0.29, 0.717) is 0 Å². The van der Waals surface area contributed by atoms with Gasteiger partial charge in [0.05, 0.1) is 5.69 Å². The molecule has 3 nitrogen and oxygen atoms in total. The van der Waals surface area contributed by atoms with Gasteiger partial charge in [0.2, 0.25) is 0 Å². The van der Waals surface area contributed by atoms with Crippen molar-refractivity contribution >= 4 is 11.8 Å². The van der Waals surface area contributed by atoms with Gasteiger partial charge in [-0.25, -0.2) is 0 Å². The average molecular weight is 197 g/mol. The molecule has 0 aliphatic heterocycles. The van der Waals surface area contributed by atoms with Gasteiger partial charge >= 0.3 is 0 Å². The second-order valence-corrected chi connectivity index (χ2v) is 4.28. The Hall–Kier alpha value is -0.610. The van der Waals surface area contributed by atoms with Crippen LogP contribution in [0.15, 0.2) is 17.2 Å². The zero-order valence-electron chi connectivity index (χ0n) is 8.32. The van der Waals surface area contributed by atoms with Crippen LogP contribution in [0.3, 0.4) is 0 Å². The van der Waals surface area contributed by atoms with Gasteiger partial charge in [-0.3, -0.25) is 0 Å². The highest BCUT2D eigenvalue weighted by Crippen LogP contribution is 2.13. The van der Waals surface area contributed by atoms with Gasteiger partial charge in [-0.2, -0.15) is 5.10 Å². The van der Waals surface area contributed by atoms with E-state index < -0.39 is 0 Å². The quantitative estimate of drug-likeness (QED) is 0.683. The van der Waals surface area contributed by atoms with Crippen LogP contribution in [-0.4, -0.2) is 41.5 Å². The average Bonchev–Trinajstić information content (AvgIpc) is 2.08. The molecule has 0 saturated carbocycles. The van der Waals surface area contributed by atoms with Crippen LogP contribution in [0, 0.1) is 6.92 Å². The predicted molar refractivity (Wildman–Crippen MR) is 56.0 cm³/mol. The summed E-state index contributed by atoms with van der Waals surface area (Å²) < 4.78 is 0. The summed E-state index contributed by atoms with van der Waals surface area (Å²) in [6, 6.07) is 4.01. The molecule has 0 atom stereocenters. The first-order valence-corrected chi connectivity index (χ1v) is 5.25. The van der Waals surface area contributed by atoms with Crippen molar-refractivity contribution in [3.8, 4) is 0 Å². The second kappa shape index (κ2) is 5.19. The van der Waals surface area contributed by atoms with Gasteiger partial charge in [0.25, 0.3) is 0 Å². The molecule has 0 aliphatic carbocycles. The third-order valence-electron chi connectivity index (χ3n) is 1.56. The molecule has 0 bridgehead atoms. The number of aromatic nitrogens is 2. The number of aryl methyl sites for hydroxylation is 1. The fourth-order valence-corrected chi connectivity index (χ4v) is 1.72. The van der Waals surface area contributed by atoms with Gasteiger partial charge in [0.1, 0.15) is 5.03 Å². The van der Waals surface area contributed by atoms with E-state index in [9.17, 15) is 0 Å². The topological polar surface area (TPSA) is 29.0 Å². The minimum absolute atomic E-state index is 0.969. The molecule has 1 aromatic rings. The smallest absolute Gasteiger partial charge is 0.119 e. The highest BCUT2D eigenvalue weighted by Gasteiger charge is 1.96. The molecule has 0 N–H and O–H groups in total. The Morgan fingerprint density at radius 2 is 2.08 bits per heavy atom. The number of rotatable bonds is 4. The van der Waals surface area contributed by atoms with E-state index in [-0.39, 0.29) is 0 Å². The fourth-order valence-electron chi connectivity index (χ4n) is 0.796. The summed E-state index contributed by atoms with van der Waals surface area (Å²) in [5, 5.41) is 9.07. The number of nitrogens with zero attached hydrogens (tertiary/aromatic N) is 3. The van der Waals surface area contributed by atoms with Crippen molar-refractivity contribution in [2.45, 2.75) is 11.9 Å². The first-order valence-electron chi connectivity index (χ1n) is 4.26. The first-order chi connectivity index (χ1) is 6.18. The van der Waals surface area contributed by atoms with Gasteiger partial charge in [0.15, 0.2) is 0 Å². The van der Waals surface area contributed by atoms with Gasteiger partial charge in [0, 0.05) is 12.3 Å². The van der Waals surface area contributed by atoms with Crippen molar-refractivity contribution in [3.63, 3.8) is 0 Å². The first kappa shape index (κ1) is 10.5. The molecule has 0 radical (unpaired) electrons. The molecular weight excluding hydrogens is 182 g/mol. The summed E-state index contributed by atoms with van der Waals surface area (Å²) in [5.74, 6) is 1.06. The van der Waals surface area contributed by atoms with Crippen molar-refractivity contribution in [2.75, 3.05) is 26.4 Å². The van der Waals surface area contributed by atoms with Crippen LogP contribution in [0.2, 0.25) is 0 Å².